The number of aryl methyl sites for hydroxylation is 2. The second-order valence-corrected chi connectivity index (χ2v) is 6.66. The van der Waals surface area contributed by atoms with Gasteiger partial charge in [-0.25, -0.2) is 9.97 Å². The molecule has 1 amide bonds. The zero-order valence-electron chi connectivity index (χ0n) is 15.5. The number of aromatic nitrogens is 3. The summed E-state index contributed by atoms with van der Waals surface area (Å²) in [4.78, 5) is 23.7. The molecule has 0 saturated carbocycles. The summed E-state index contributed by atoms with van der Waals surface area (Å²) in [5.74, 6) is 2.06. The summed E-state index contributed by atoms with van der Waals surface area (Å²) in [6, 6.07) is 5.67. The molecule has 1 N–H and O–H groups in total. The number of carbonyl (C=O) groups excluding carboxylic acids is 1. The minimum atomic E-state index is -0.172. The first-order valence-corrected chi connectivity index (χ1v) is 9.09. The first kappa shape index (κ1) is 17.7. The number of amides is 1. The third-order valence-corrected chi connectivity index (χ3v) is 4.83. The third kappa shape index (κ3) is 3.58. The van der Waals surface area contributed by atoms with E-state index in [0.29, 0.717) is 36.9 Å². The van der Waals surface area contributed by atoms with E-state index >= 15 is 0 Å². The van der Waals surface area contributed by atoms with Crippen molar-refractivity contribution in [1.29, 1.82) is 0 Å². The number of rotatable bonds is 5. The maximum absolute atomic E-state index is 12.9. The van der Waals surface area contributed by atoms with Crippen LogP contribution in [0.5, 0.6) is 0 Å². The number of furan rings is 1. The van der Waals surface area contributed by atoms with Crippen molar-refractivity contribution in [3.05, 3.63) is 53.5 Å². The molecule has 1 aliphatic heterocycles. The summed E-state index contributed by atoms with van der Waals surface area (Å²) in [5.41, 5.74) is 1.16. The van der Waals surface area contributed by atoms with Gasteiger partial charge >= 0.3 is 0 Å². The molecule has 8 heteroatoms. The van der Waals surface area contributed by atoms with E-state index in [2.05, 4.69) is 20.2 Å². The first-order valence-electron chi connectivity index (χ1n) is 9.09. The summed E-state index contributed by atoms with van der Waals surface area (Å²) in [6.07, 6.45) is 3.46. The normalized spacial score (nSPS) is 16.5. The molecule has 0 aliphatic carbocycles. The fraction of sp³-hybridized carbons (Fsp3) is 0.421. The van der Waals surface area contributed by atoms with Crippen LogP contribution in [0.1, 0.15) is 33.7 Å². The molecule has 0 bridgehead atoms. The Kier molecular flexibility index (Phi) is 4.91. The zero-order chi connectivity index (χ0) is 18.8. The molecule has 0 radical (unpaired) electrons. The highest BCUT2D eigenvalue weighted by Crippen LogP contribution is 2.23. The van der Waals surface area contributed by atoms with Gasteiger partial charge in [0.05, 0.1) is 24.9 Å². The Morgan fingerprint density at radius 2 is 2.11 bits per heavy atom. The van der Waals surface area contributed by atoms with Crippen molar-refractivity contribution in [3.63, 3.8) is 0 Å². The van der Waals surface area contributed by atoms with Crippen molar-refractivity contribution in [2.24, 2.45) is 0 Å². The highest BCUT2D eigenvalue weighted by molar-refractivity contribution is 5.94. The van der Waals surface area contributed by atoms with Crippen LogP contribution in [0, 0.1) is 13.8 Å². The SMILES string of the molecule is Cc1ccc([C@H](CNC(=O)c2c(C)nc3ncccn23)N2CCOCC2)o1. The number of fused-ring (bicyclic) bond motifs is 1. The Morgan fingerprint density at radius 3 is 2.85 bits per heavy atom. The number of morpholine rings is 1. The summed E-state index contributed by atoms with van der Waals surface area (Å²) >= 11 is 0. The topological polar surface area (TPSA) is 84.9 Å². The molecule has 142 valence electrons. The molecule has 0 unspecified atom stereocenters. The van der Waals surface area contributed by atoms with Crippen LogP contribution in [-0.2, 0) is 4.74 Å². The number of nitrogens with zero attached hydrogens (tertiary/aromatic N) is 4. The summed E-state index contributed by atoms with van der Waals surface area (Å²) in [6.45, 7) is 7.16. The van der Waals surface area contributed by atoms with Crippen LogP contribution in [0.4, 0.5) is 0 Å². The first-order chi connectivity index (χ1) is 13.1. The van der Waals surface area contributed by atoms with Gasteiger partial charge in [-0.15, -0.1) is 0 Å². The molecule has 1 aliphatic rings. The number of hydrogen-bond donors (Lipinski definition) is 1. The molecule has 0 aromatic carbocycles. The predicted molar refractivity (Wildman–Crippen MR) is 98.6 cm³/mol. The molecule has 1 atom stereocenters. The van der Waals surface area contributed by atoms with E-state index in [9.17, 15) is 4.79 Å². The van der Waals surface area contributed by atoms with Gasteiger partial charge in [0.1, 0.15) is 17.2 Å². The minimum absolute atomic E-state index is 0.0378. The maximum atomic E-state index is 12.9. The lowest BCUT2D eigenvalue weighted by Crippen LogP contribution is -2.43. The largest absolute Gasteiger partial charge is 0.465 e. The van der Waals surface area contributed by atoms with Crippen molar-refractivity contribution < 1.29 is 13.9 Å². The molecule has 3 aromatic rings. The lowest BCUT2D eigenvalue weighted by atomic mass is 10.1. The highest BCUT2D eigenvalue weighted by atomic mass is 16.5. The number of imidazole rings is 1. The third-order valence-electron chi connectivity index (χ3n) is 4.83. The Morgan fingerprint density at radius 1 is 1.30 bits per heavy atom. The van der Waals surface area contributed by atoms with Crippen molar-refractivity contribution in [1.82, 2.24) is 24.6 Å². The van der Waals surface area contributed by atoms with Crippen LogP contribution in [-0.4, -0.2) is 58.0 Å². The van der Waals surface area contributed by atoms with Gasteiger partial charge in [-0.3, -0.25) is 14.1 Å². The summed E-state index contributed by atoms with van der Waals surface area (Å²) < 4.78 is 13.0. The van der Waals surface area contributed by atoms with E-state index in [-0.39, 0.29) is 11.9 Å². The molecular formula is C19H23N5O3. The van der Waals surface area contributed by atoms with E-state index in [1.54, 1.807) is 22.9 Å². The van der Waals surface area contributed by atoms with E-state index in [4.69, 9.17) is 9.15 Å². The number of hydrogen-bond acceptors (Lipinski definition) is 6. The predicted octanol–water partition coefficient (Wildman–Crippen LogP) is 1.74. The summed E-state index contributed by atoms with van der Waals surface area (Å²) in [7, 11) is 0. The Bertz CT molecular complexity index is 942. The van der Waals surface area contributed by atoms with Gasteiger partial charge in [0.15, 0.2) is 0 Å². The van der Waals surface area contributed by atoms with Gasteiger partial charge in [0, 0.05) is 32.0 Å². The van der Waals surface area contributed by atoms with Gasteiger partial charge < -0.3 is 14.5 Å². The van der Waals surface area contributed by atoms with E-state index < -0.39 is 0 Å². The maximum Gasteiger partial charge on any atom is 0.270 e. The number of carbonyl (C=O) groups is 1. The number of nitrogens with one attached hydrogen (secondary N) is 1. The van der Waals surface area contributed by atoms with Crippen LogP contribution in [0.15, 0.2) is 35.0 Å². The Labute approximate surface area is 157 Å². The molecule has 3 aromatic heterocycles. The van der Waals surface area contributed by atoms with Crippen LogP contribution in [0.25, 0.3) is 5.78 Å². The Hall–Kier alpha value is -2.71. The van der Waals surface area contributed by atoms with Crippen LogP contribution < -0.4 is 5.32 Å². The lowest BCUT2D eigenvalue weighted by Gasteiger charge is -2.33. The van der Waals surface area contributed by atoms with E-state index in [0.717, 1.165) is 24.6 Å². The standard InChI is InChI=1S/C19H23N5O3/c1-13-4-5-16(27-13)15(23-8-10-26-11-9-23)12-21-18(25)17-14(2)22-19-20-6-3-7-24(17)19/h3-7,15H,8-12H2,1-2H3,(H,21,25)/t15-/m0/s1. The van der Waals surface area contributed by atoms with Crippen molar-refractivity contribution in [3.8, 4) is 0 Å². The molecule has 4 heterocycles. The second kappa shape index (κ2) is 7.50. The van der Waals surface area contributed by atoms with Crippen molar-refractivity contribution in [2.45, 2.75) is 19.9 Å². The van der Waals surface area contributed by atoms with Gasteiger partial charge in [-0.2, -0.15) is 0 Å². The van der Waals surface area contributed by atoms with Crippen LogP contribution in [0.2, 0.25) is 0 Å². The molecule has 8 nitrogen and oxygen atoms in total. The van der Waals surface area contributed by atoms with Crippen LogP contribution >= 0.6 is 0 Å². The second-order valence-electron chi connectivity index (χ2n) is 6.66. The molecule has 1 fully saturated rings. The van der Waals surface area contributed by atoms with Gasteiger partial charge in [0.2, 0.25) is 5.78 Å². The molecule has 0 spiro atoms. The number of ether oxygens (including phenoxy) is 1. The fourth-order valence-electron chi connectivity index (χ4n) is 3.48. The zero-order valence-corrected chi connectivity index (χ0v) is 15.5. The lowest BCUT2D eigenvalue weighted by molar-refractivity contribution is 0.0116. The van der Waals surface area contributed by atoms with Crippen LogP contribution in [0.3, 0.4) is 0 Å². The quantitative estimate of drug-likeness (QED) is 0.737. The molecule has 27 heavy (non-hydrogen) atoms. The van der Waals surface area contributed by atoms with Gasteiger partial charge in [-0.05, 0) is 32.0 Å². The van der Waals surface area contributed by atoms with Gasteiger partial charge in [0.25, 0.3) is 5.91 Å². The molecular weight excluding hydrogens is 346 g/mol. The monoisotopic (exact) mass is 369 g/mol. The fourth-order valence-corrected chi connectivity index (χ4v) is 3.48. The minimum Gasteiger partial charge on any atom is -0.465 e. The Balaban J connectivity index is 1.54. The van der Waals surface area contributed by atoms with E-state index in [1.165, 1.54) is 0 Å². The smallest absolute Gasteiger partial charge is 0.270 e. The highest BCUT2D eigenvalue weighted by Gasteiger charge is 2.26. The molecule has 1 saturated heterocycles. The van der Waals surface area contributed by atoms with Gasteiger partial charge in [-0.1, -0.05) is 0 Å². The summed E-state index contributed by atoms with van der Waals surface area (Å²) in [5, 5.41) is 3.05. The average Bonchev–Trinajstić information content (AvgIpc) is 3.25. The van der Waals surface area contributed by atoms with E-state index in [1.807, 2.05) is 26.0 Å². The molecule has 4 rings (SSSR count). The average molecular weight is 369 g/mol. The van der Waals surface area contributed by atoms with Crippen molar-refractivity contribution in [2.75, 3.05) is 32.8 Å². The van der Waals surface area contributed by atoms with Crippen molar-refractivity contribution >= 4 is 11.7 Å².